The zero-order chi connectivity index (χ0) is 16.4. The topological polar surface area (TPSA) is 34.6 Å². The maximum Gasteiger partial charge on any atom is 0.257 e. The Morgan fingerprint density at radius 2 is 1.92 bits per heavy atom. The van der Waals surface area contributed by atoms with Crippen molar-refractivity contribution in [3.05, 3.63) is 53.7 Å². The minimum Gasteiger partial charge on any atom is -0.484 e. The number of fused-ring (bicyclic) bond motifs is 1. The Balaban J connectivity index is 1.41. The Bertz CT molecular complexity index is 680. The Labute approximate surface area is 143 Å². The average Bonchev–Trinajstić information content (AvgIpc) is 3.17. The van der Waals surface area contributed by atoms with E-state index in [1.165, 1.54) is 31.2 Å². The van der Waals surface area contributed by atoms with Crippen LogP contribution >= 0.6 is 0 Å². The second-order valence-corrected chi connectivity index (χ2v) is 6.82. The van der Waals surface area contributed by atoms with Crippen LogP contribution in [0.3, 0.4) is 0 Å². The van der Waals surface area contributed by atoms with Gasteiger partial charge in [0.1, 0.15) is 6.61 Å². The lowest BCUT2D eigenvalue weighted by atomic mass is 10.1. The van der Waals surface area contributed by atoms with Crippen molar-refractivity contribution in [2.75, 3.05) is 13.7 Å². The van der Waals surface area contributed by atoms with Crippen LogP contribution in [0.1, 0.15) is 42.9 Å². The van der Waals surface area contributed by atoms with Crippen LogP contribution in [-0.2, 0) is 6.54 Å². The summed E-state index contributed by atoms with van der Waals surface area (Å²) < 4.78 is 11.7. The van der Waals surface area contributed by atoms with Crippen molar-refractivity contribution in [3.63, 3.8) is 0 Å². The largest absolute Gasteiger partial charge is 0.484 e. The summed E-state index contributed by atoms with van der Waals surface area (Å²) in [5, 5.41) is 0. The number of pyridine rings is 1. The summed E-state index contributed by atoms with van der Waals surface area (Å²) in [5.74, 6) is 1.31. The smallest absolute Gasteiger partial charge is 0.257 e. The maximum atomic E-state index is 5.97. The van der Waals surface area contributed by atoms with Crippen molar-refractivity contribution in [2.24, 2.45) is 0 Å². The van der Waals surface area contributed by atoms with E-state index in [2.05, 4.69) is 41.2 Å². The highest BCUT2D eigenvalue weighted by molar-refractivity contribution is 5.35. The van der Waals surface area contributed by atoms with Gasteiger partial charge in [0.2, 0.25) is 0 Å². The van der Waals surface area contributed by atoms with Gasteiger partial charge >= 0.3 is 0 Å². The van der Waals surface area contributed by atoms with Crippen LogP contribution in [0.15, 0.2) is 42.6 Å². The Morgan fingerprint density at radius 3 is 2.71 bits per heavy atom. The fourth-order valence-electron chi connectivity index (χ4n) is 3.67. The van der Waals surface area contributed by atoms with Crippen LogP contribution in [0, 0.1) is 0 Å². The highest BCUT2D eigenvalue weighted by atomic mass is 16.6. The first-order valence-corrected chi connectivity index (χ1v) is 8.83. The molecule has 0 spiro atoms. The lowest BCUT2D eigenvalue weighted by Gasteiger charge is -2.26. The molecule has 1 aromatic heterocycles. The monoisotopic (exact) mass is 324 g/mol. The third-order valence-corrected chi connectivity index (χ3v) is 5.11. The lowest BCUT2D eigenvalue weighted by molar-refractivity contribution is 0.0851. The maximum absolute atomic E-state index is 5.97. The summed E-state index contributed by atoms with van der Waals surface area (Å²) in [6.45, 7) is 1.54. The van der Waals surface area contributed by atoms with Crippen LogP contribution in [0.5, 0.6) is 11.6 Å². The predicted octanol–water partition coefficient (Wildman–Crippen LogP) is 3.97. The van der Waals surface area contributed by atoms with Crippen LogP contribution in [0.2, 0.25) is 0 Å². The third-order valence-electron chi connectivity index (χ3n) is 5.11. The summed E-state index contributed by atoms with van der Waals surface area (Å²) in [7, 11) is 2.24. The second kappa shape index (κ2) is 6.81. The number of nitrogens with zero attached hydrogens (tertiary/aromatic N) is 2. The van der Waals surface area contributed by atoms with E-state index in [1.807, 2.05) is 12.1 Å². The van der Waals surface area contributed by atoms with E-state index in [-0.39, 0.29) is 6.10 Å². The Kier molecular flexibility index (Phi) is 4.39. The molecule has 126 valence electrons. The molecule has 1 aromatic carbocycles. The van der Waals surface area contributed by atoms with Crippen molar-refractivity contribution in [1.29, 1.82) is 0 Å². The van der Waals surface area contributed by atoms with Gasteiger partial charge in [-0.05, 0) is 43.1 Å². The zero-order valence-electron chi connectivity index (χ0n) is 14.1. The molecule has 0 bridgehead atoms. The minimum absolute atomic E-state index is 0.0889. The molecule has 4 nitrogen and oxygen atoms in total. The number of hydrogen-bond acceptors (Lipinski definition) is 4. The molecule has 2 heterocycles. The summed E-state index contributed by atoms with van der Waals surface area (Å²) >= 11 is 0. The summed E-state index contributed by atoms with van der Waals surface area (Å²) in [5.41, 5.74) is 2.49. The van der Waals surface area contributed by atoms with E-state index in [4.69, 9.17) is 9.47 Å². The minimum atomic E-state index is -0.0889. The lowest BCUT2D eigenvalue weighted by Crippen LogP contribution is -2.28. The number of ether oxygens (including phenoxy) is 2. The standard InChI is InChI=1S/C20H24N2O2/c1-22(17-5-2-3-6-17)13-15-8-10-16(11-9-15)19-14-23-18-7-4-12-21-20(18)24-19/h4,7-12,17,19H,2-3,5-6,13-14H2,1H3/t19-/m1/s1. The van der Waals surface area contributed by atoms with Gasteiger partial charge < -0.3 is 9.47 Å². The third kappa shape index (κ3) is 3.24. The van der Waals surface area contributed by atoms with Crippen LogP contribution in [0.25, 0.3) is 0 Å². The van der Waals surface area contributed by atoms with Crippen molar-refractivity contribution in [2.45, 2.75) is 44.4 Å². The molecule has 0 amide bonds. The van der Waals surface area contributed by atoms with E-state index >= 15 is 0 Å². The molecule has 24 heavy (non-hydrogen) atoms. The molecular weight excluding hydrogens is 300 g/mol. The van der Waals surface area contributed by atoms with Gasteiger partial charge in [-0.1, -0.05) is 37.1 Å². The molecule has 0 saturated heterocycles. The van der Waals surface area contributed by atoms with E-state index in [1.54, 1.807) is 6.20 Å². The van der Waals surface area contributed by atoms with E-state index < -0.39 is 0 Å². The highest BCUT2D eigenvalue weighted by Crippen LogP contribution is 2.34. The molecule has 0 radical (unpaired) electrons. The van der Waals surface area contributed by atoms with Gasteiger partial charge in [0.05, 0.1) is 0 Å². The number of hydrogen-bond donors (Lipinski definition) is 0. The van der Waals surface area contributed by atoms with Crippen LogP contribution < -0.4 is 9.47 Å². The normalized spacial score (nSPS) is 20.5. The van der Waals surface area contributed by atoms with Crippen LogP contribution in [0.4, 0.5) is 0 Å². The highest BCUT2D eigenvalue weighted by Gasteiger charge is 2.23. The first kappa shape index (κ1) is 15.5. The van der Waals surface area contributed by atoms with Crippen molar-refractivity contribution < 1.29 is 9.47 Å². The average molecular weight is 324 g/mol. The summed E-state index contributed by atoms with van der Waals surface area (Å²) in [4.78, 5) is 6.73. The fraction of sp³-hybridized carbons (Fsp3) is 0.450. The van der Waals surface area contributed by atoms with E-state index in [0.717, 1.165) is 23.9 Å². The molecule has 0 unspecified atom stereocenters. The molecule has 1 atom stereocenters. The molecule has 1 aliphatic carbocycles. The molecule has 1 fully saturated rings. The molecule has 1 aliphatic heterocycles. The predicted molar refractivity (Wildman–Crippen MR) is 93.3 cm³/mol. The number of aromatic nitrogens is 1. The first-order valence-electron chi connectivity index (χ1n) is 8.83. The van der Waals surface area contributed by atoms with Crippen molar-refractivity contribution in [3.8, 4) is 11.6 Å². The van der Waals surface area contributed by atoms with E-state index in [9.17, 15) is 0 Å². The first-order chi connectivity index (χ1) is 11.8. The quantitative estimate of drug-likeness (QED) is 0.852. The number of benzene rings is 1. The van der Waals surface area contributed by atoms with Gasteiger partial charge in [-0.25, -0.2) is 4.98 Å². The Morgan fingerprint density at radius 1 is 1.12 bits per heavy atom. The van der Waals surface area contributed by atoms with Gasteiger partial charge in [0, 0.05) is 18.8 Å². The molecule has 0 N–H and O–H groups in total. The molecule has 4 rings (SSSR count). The molecule has 2 aromatic rings. The van der Waals surface area contributed by atoms with Gasteiger partial charge in [0.15, 0.2) is 11.9 Å². The van der Waals surface area contributed by atoms with Crippen molar-refractivity contribution in [1.82, 2.24) is 9.88 Å². The molecule has 4 heteroatoms. The molecule has 1 saturated carbocycles. The number of rotatable bonds is 4. The molecule has 2 aliphatic rings. The van der Waals surface area contributed by atoms with Crippen molar-refractivity contribution >= 4 is 0 Å². The van der Waals surface area contributed by atoms with Gasteiger partial charge in [-0.2, -0.15) is 0 Å². The van der Waals surface area contributed by atoms with Gasteiger partial charge in [-0.3, -0.25) is 4.90 Å². The van der Waals surface area contributed by atoms with Gasteiger partial charge in [0.25, 0.3) is 5.88 Å². The zero-order valence-corrected chi connectivity index (χ0v) is 14.1. The summed E-state index contributed by atoms with van der Waals surface area (Å²) in [6.07, 6.45) is 7.08. The Hall–Kier alpha value is -2.07. The summed E-state index contributed by atoms with van der Waals surface area (Å²) in [6, 6.07) is 13.2. The second-order valence-electron chi connectivity index (χ2n) is 6.82. The fourth-order valence-corrected chi connectivity index (χ4v) is 3.67. The van der Waals surface area contributed by atoms with Crippen LogP contribution in [-0.4, -0.2) is 29.6 Å². The molecular formula is C20H24N2O2. The van der Waals surface area contributed by atoms with Gasteiger partial charge in [-0.15, -0.1) is 0 Å². The SMILES string of the molecule is CN(Cc1ccc([C@H]2COc3cccnc3O2)cc1)C1CCCC1. The van der Waals surface area contributed by atoms with E-state index in [0.29, 0.717) is 12.5 Å².